The molecule has 0 saturated carbocycles. The molecule has 0 amide bonds. The second-order valence-corrected chi connectivity index (χ2v) is 7.96. The average molecular weight is 379 g/mol. The predicted octanol–water partition coefficient (Wildman–Crippen LogP) is 4.03. The van der Waals surface area contributed by atoms with Crippen molar-refractivity contribution in [1.29, 1.82) is 5.26 Å². The van der Waals surface area contributed by atoms with Crippen LogP contribution in [0.25, 0.3) is 10.2 Å². The van der Waals surface area contributed by atoms with E-state index >= 15 is 0 Å². The Morgan fingerprint density at radius 1 is 1.26 bits per heavy atom. The zero-order valence-electron chi connectivity index (χ0n) is 15.4. The summed E-state index contributed by atoms with van der Waals surface area (Å²) in [4.78, 5) is 20.0. The number of hydrogen-bond donors (Lipinski definition) is 1. The number of aromatic nitrogens is 2. The third-order valence-electron chi connectivity index (χ3n) is 5.20. The van der Waals surface area contributed by atoms with E-state index in [0.717, 1.165) is 41.6 Å². The van der Waals surface area contributed by atoms with Gasteiger partial charge in [-0.05, 0) is 55.4 Å². The Morgan fingerprint density at radius 2 is 2.04 bits per heavy atom. The van der Waals surface area contributed by atoms with E-state index in [9.17, 15) is 10.1 Å². The molecule has 5 nitrogen and oxygen atoms in total. The van der Waals surface area contributed by atoms with Crippen LogP contribution in [0.15, 0.2) is 29.1 Å². The number of thiophene rings is 1. The van der Waals surface area contributed by atoms with Gasteiger partial charge in [0.15, 0.2) is 0 Å². The Labute approximate surface area is 162 Å². The highest BCUT2D eigenvalue weighted by Crippen LogP contribution is 2.33. The van der Waals surface area contributed by atoms with E-state index in [0.29, 0.717) is 12.4 Å². The van der Waals surface area contributed by atoms with Gasteiger partial charge in [0.2, 0.25) is 0 Å². The molecule has 6 heteroatoms. The Bertz CT molecular complexity index is 1070. The van der Waals surface area contributed by atoms with Crippen LogP contribution >= 0.6 is 11.3 Å². The van der Waals surface area contributed by atoms with Crippen LogP contribution in [0.4, 0.5) is 5.69 Å². The molecule has 1 N–H and O–H groups in total. The van der Waals surface area contributed by atoms with Crippen LogP contribution in [0.3, 0.4) is 0 Å². The first-order valence-corrected chi connectivity index (χ1v) is 10.3. The van der Waals surface area contributed by atoms with Gasteiger partial charge in [-0.2, -0.15) is 5.26 Å². The van der Waals surface area contributed by atoms with E-state index in [1.807, 2.05) is 12.1 Å². The van der Waals surface area contributed by atoms with Gasteiger partial charge in [0.25, 0.3) is 5.56 Å². The monoisotopic (exact) mass is 378 g/mol. The summed E-state index contributed by atoms with van der Waals surface area (Å²) >= 11 is 1.65. The summed E-state index contributed by atoms with van der Waals surface area (Å²) in [6.45, 7) is 2.57. The second-order valence-electron chi connectivity index (χ2n) is 6.87. The summed E-state index contributed by atoms with van der Waals surface area (Å²) in [7, 11) is 0. The minimum Gasteiger partial charge on any atom is -0.378 e. The number of nitrogens with one attached hydrogen (secondary N) is 1. The average Bonchev–Trinajstić information content (AvgIpc) is 3.07. The van der Waals surface area contributed by atoms with Crippen molar-refractivity contribution in [3.8, 4) is 6.07 Å². The summed E-state index contributed by atoms with van der Waals surface area (Å²) in [6, 6.07) is 10.4. The molecule has 0 bridgehead atoms. The van der Waals surface area contributed by atoms with Gasteiger partial charge in [0, 0.05) is 10.6 Å². The lowest BCUT2D eigenvalue weighted by atomic mass is 9.97. The highest BCUT2D eigenvalue weighted by atomic mass is 32.1. The maximum atomic E-state index is 13.1. The first-order chi connectivity index (χ1) is 13.2. The molecule has 0 aliphatic heterocycles. The number of hydrogen-bond acceptors (Lipinski definition) is 5. The molecule has 0 radical (unpaired) electrons. The lowest BCUT2D eigenvalue weighted by molar-refractivity contribution is 0.692. The minimum atomic E-state index is -0.0703. The summed E-state index contributed by atoms with van der Waals surface area (Å²) in [5, 5.41) is 13.3. The van der Waals surface area contributed by atoms with Crippen LogP contribution in [-0.4, -0.2) is 9.55 Å². The van der Waals surface area contributed by atoms with Crippen LogP contribution in [0.1, 0.15) is 41.6 Å². The molecule has 138 valence electrons. The Balaban J connectivity index is 1.71. The molecule has 0 saturated heterocycles. The van der Waals surface area contributed by atoms with Gasteiger partial charge in [-0.3, -0.25) is 9.36 Å². The molecular formula is C21H22N4OS. The number of nitrogens with zero attached hydrogens (tertiary/aromatic N) is 3. The molecule has 0 fully saturated rings. The maximum absolute atomic E-state index is 13.1. The van der Waals surface area contributed by atoms with E-state index in [1.54, 1.807) is 11.3 Å². The Hall–Kier alpha value is -2.65. The number of aryl methyl sites for hydroxylation is 3. The molecule has 0 spiro atoms. The maximum Gasteiger partial charge on any atom is 0.263 e. The third kappa shape index (κ3) is 3.35. The lowest BCUT2D eigenvalue weighted by Gasteiger charge is -2.13. The molecule has 4 rings (SSSR count). The number of fused-ring (bicyclic) bond motifs is 3. The van der Waals surface area contributed by atoms with Crippen molar-refractivity contribution in [3.63, 3.8) is 0 Å². The number of rotatable bonds is 5. The van der Waals surface area contributed by atoms with Crippen molar-refractivity contribution < 1.29 is 0 Å². The molecule has 2 heterocycles. The topological polar surface area (TPSA) is 70.7 Å². The molecule has 2 aromatic heterocycles. The predicted molar refractivity (Wildman–Crippen MR) is 109 cm³/mol. The van der Waals surface area contributed by atoms with Gasteiger partial charge in [-0.25, -0.2) is 4.98 Å². The first-order valence-electron chi connectivity index (χ1n) is 9.45. The molecule has 1 aliphatic rings. The highest BCUT2D eigenvalue weighted by molar-refractivity contribution is 7.18. The van der Waals surface area contributed by atoms with Gasteiger partial charge < -0.3 is 5.32 Å². The van der Waals surface area contributed by atoms with Crippen LogP contribution in [-0.2, 0) is 32.4 Å². The van der Waals surface area contributed by atoms with Gasteiger partial charge in [0.1, 0.15) is 17.2 Å². The third-order valence-corrected chi connectivity index (χ3v) is 6.38. The fraction of sp³-hybridized carbons (Fsp3) is 0.381. The molecule has 0 atom stereocenters. The van der Waals surface area contributed by atoms with Crippen molar-refractivity contribution in [2.45, 2.75) is 52.1 Å². The molecular weight excluding hydrogens is 356 g/mol. The summed E-state index contributed by atoms with van der Waals surface area (Å²) in [5.74, 6) is 0.618. The Kier molecular flexibility index (Phi) is 4.95. The second kappa shape index (κ2) is 7.53. The normalized spacial score (nSPS) is 13.3. The van der Waals surface area contributed by atoms with Crippen LogP contribution < -0.4 is 10.9 Å². The summed E-state index contributed by atoms with van der Waals surface area (Å²) in [6.07, 6.45) is 5.27. The fourth-order valence-electron chi connectivity index (χ4n) is 3.69. The molecule has 3 aromatic rings. The van der Waals surface area contributed by atoms with Gasteiger partial charge in [-0.15, -0.1) is 11.3 Å². The summed E-state index contributed by atoms with van der Waals surface area (Å²) < 4.78 is 1.53. The summed E-state index contributed by atoms with van der Waals surface area (Å²) in [5.41, 5.74) is 3.36. The molecule has 1 aromatic carbocycles. The van der Waals surface area contributed by atoms with E-state index in [-0.39, 0.29) is 12.1 Å². The highest BCUT2D eigenvalue weighted by Gasteiger charge is 2.21. The standard InChI is InChI=1S/C21H22N4OS/c1-2-14-7-9-15(10-8-14)23-13-18-24-20-19(21(26)25(18)12-11-22)16-5-3-4-6-17(16)27-20/h7-10,23H,2-6,12-13H2,1H3. The zero-order valence-corrected chi connectivity index (χ0v) is 16.2. The van der Waals surface area contributed by atoms with E-state index in [2.05, 4.69) is 30.4 Å². The minimum absolute atomic E-state index is 0.0260. The zero-order chi connectivity index (χ0) is 18.8. The molecule has 1 aliphatic carbocycles. The van der Waals surface area contributed by atoms with Gasteiger partial charge >= 0.3 is 0 Å². The van der Waals surface area contributed by atoms with Gasteiger partial charge in [0.05, 0.1) is 18.0 Å². The van der Waals surface area contributed by atoms with Crippen molar-refractivity contribution in [2.75, 3.05) is 5.32 Å². The van der Waals surface area contributed by atoms with Crippen LogP contribution in [0.5, 0.6) is 0 Å². The van der Waals surface area contributed by atoms with Crippen LogP contribution in [0.2, 0.25) is 0 Å². The van der Waals surface area contributed by atoms with Crippen molar-refractivity contribution in [3.05, 3.63) is 56.4 Å². The number of nitriles is 1. The fourth-order valence-corrected chi connectivity index (χ4v) is 4.96. The van der Waals surface area contributed by atoms with Crippen molar-refractivity contribution in [1.82, 2.24) is 9.55 Å². The lowest BCUT2D eigenvalue weighted by Crippen LogP contribution is -2.26. The SMILES string of the molecule is CCc1ccc(NCc2nc3sc4c(c3c(=O)n2CC#N)CCCC4)cc1. The van der Waals surface area contributed by atoms with Crippen molar-refractivity contribution >= 4 is 27.2 Å². The van der Waals surface area contributed by atoms with Crippen LogP contribution in [0, 0.1) is 11.3 Å². The number of anilines is 1. The van der Waals surface area contributed by atoms with E-state index in [1.165, 1.54) is 27.0 Å². The van der Waals surface area contributed by atoms with Crippen molar-refractivity contribution in [2.24, 2.45) is 0 Å². The number of benzene rings is 1. The molecule has 27 heavy (non-hydrogen) atoms. The smallest absolute Gasteiger partial charge is 0.263 e. The Morgan fingerprint density at radius 3 is 2.78 bits per heavy atom. The molecule has 0 unspecified atom stereocenters. The van der Waals surface area contributed by atoms with Gasteiger partial charge in [-0.1, -0.05) is 19.1 Å². The van der Waals surface area contributed by atoms with E-state index < -0.39 is 0 Å². The first kappa shape index (κ1) is 17.7. The van der Waals surface area contributed by atoms with E-state index in [4.69, 9.17) is 4.98 Å². The largest absolute Gasteiger partial charge is 0.378 e. The quantitative estimate of drug-likeness (QED) is 0.727.